The number of hydrogen-bond donors (Lipinski definition) is 1. The van der Waals surface area contributed by atoms with E-state index in [-0.39, 0.29) is 5.54 Å². The molecule has 0 unspecified atom stereocenters. The Labute approximate surface area is 136 Å². The smallest absolute Gasteiger partial charge is 0.131 e. The van der Waals surface area contributed by atoms with Crippen LogP contribution in [-0.4, -0.2) is 35.1 Å². The number of piperazine rings is 1. The zero-order valence-corrected chi connectivity index (χ0v) is 14.0. The molecule has 0 amide bonds. The molecule has 1 saturated heterocycles. The largest absolute Gasteiger partial charge is 0.487 e. The molecule has 1 fully saturated rings. The molecule has 1 aromatic carbocycles. The molecule has 4 nitrogen and oxygen atoms in total. The van der Waals surface area contributed by atoms with Gasteiger partial charge in [-0.15, -0.1) is 11.3 Å². The molecule has 1 aliphatic rings. The summed E-state index contributed by atoms with van der Waals surface area (Å²) in [7, 11) is 0. The highest BCUT2D eigenvalue weighted by atomic mass is 32.1. The van der Waals surface area contributed by atoms with Crippen molar-refractivity contribution in [3.8, 4) is 5.75 Å². The average Bonchev–Trinajstić information content (AvgIpc) is 3.02. The van der Waals surface area contributed by atoms with Crippen molar-refractivity contribution in [2.75, 3.05) is 19.6 Å². The normalized spacial score (nSPS) is 18.3. The van der Waals surface area contributed by atoms with Gasteiger partial charge in [0.1, 0.15) is 12.4 Å². The van der Waals surface area contributed by atoms with E-state index in [1.54, 1.807) is 11.3 Å². The molecule has 22 heavy (non-hydrogen) atoms. The van der Waals surface area contributed by atoms with Crippen molar-refractivity contribution in [3.05, 3.63) is 46.4 Å². The maximum atomic E-state index is 5.76. The van der Waals surface area contributed by atoms with E-state index in [1.165, 1.54) is 5.56 Å². The van der Waals surface area contributed by atoms with E-state index in [2.05, 4.69) is 53.3 Å². The van der Waals surface area contributed by atoms with Gasteiger partial charge in [-0.05, 0) is 31.5 Å². The monoisotopic (exact) mass is 317 g/mol. The van der Waals surface area contributed by atoms with Crippen molar-refractivity contribution in [2.24, 2.45) is 0 Å². The zero-order chi connectivity index (χ0) is 15.4. The highest BCUT2D eigenvalue weighted by molar-refractivity contribution is 7.07. The second kappa shape index (κ2) is 6.77. The molecule has 0 aliphatic carbocycles. The fourth-order valence-corrected chi connectivity index (χ4v) is 3.24. The summed E-state index contributed by atoms with van der Waals surface area (Å²) in [6.07, 6.45) is 0. The van der Waals surface area contributed by atoms with Crippen molar-refractivity contribution in [1.82, 2.24) is 15.2 Å². The first kappa shape index (κ1) is 15.5. The SMILES string of the molecule is CC1(C)CNCCN1Cc1ccc(OCc2cscn2)cc1. The van der Waals surface area contributed by atoms with Crippen LogP contribution in [-0.2, 0) is 13.2 Å². The molecule has 3 rings (SSSR count). The van der Waals surface area contributed by atoms with E-state index >= 15 is 0 Å². The number of thiazole rings is 1. The summed E-state index contributed by atoms with van der Waals surface area (Å²) in [6.45, 7) is 9.32. The topological polar surface area (TPSA) is 37.4 Å². The van der Waals surface area contributed by atoms with E-state index in [0.29, 0.717) is 6.61 Å². The van der Waals surface area contributed by atoms with Crippen molar-refractivity contribution in [1.29, 1.82) is 0 Å². The van der Waals surface area contributed by atoms with E-state index in [1.807, 2.05) is 10.9 Å². The Bertz CT molecular complexity index is 580. The first-order valence-electron chi connectivity index (χ1n) is 7.68. The Hall–Kier alpha value is -1.43. The second-order valence-electron chi connectivity index (χ2n) is 6.32. The van der Waals surface area contributed by atoms with Crippen molar-refractivity contribution >= 4 is 11.3 Å². The summed E-state index contributed by atoms with van der Waals surface area (Å²) in [5, 5.41) is 5.48. The summed E-state index contributed by atoms with van der Waals surface area (Å²) >= 11 is 1.59. The summed E-state index contributed by atoms with van der Waals surface area (Å²) in [4.78, 5) is 6.76. The summed E-state index contributed by atoms with van der Waals surface area (Å²) in [5.41, 5.74) is 4.35. The number of nitrogens with one attached hydrogen (secondary N) is 1. The number of rotatable bonds is 5. The number of nitrogens with zero attached hydrogens (tertiary/aromatic N) is 2. The van der Waals surface area contributed by atoms with Crippen LogP contribution >= 0.6 is 11.3 Å². The van der Waals surface area contributed by atoms with E-state index in [9.17, 15) is 0 Å². The lowest BCUT2D eigenvalue weighted by Crippen LogP contribution is -2.57. The standard InChI is InChI=1S/C17H23N3OS/c1-17(2)12-18-7-8-20(17)9-14-3-5-16(6-4-14)21-10-15-11-22-13-19-15/h3-6,11,13,18H,7-10,12H2,1-2H3. The van der Waals surface area contributed by atoms with Gasteiger partial charge in [0.05, 0.1) is 11.2 Å². The molecule has 0 saturated carbocycles. The highest BCUT2D eigenvalue weighted by Gasteiger charge is 2.29. The molecule has 1 N–H and O–H groups in total. The van der Waals surface area contributed by atoms with Gasteiger partial charge >= 0.3 is 0 Å². The van der Waals surface area contributed by atoms with Crippen LogP contribution in [0.4, 0.5) is 0 Å². The molecule has 0 radical (unpaired) electrons. The third-order valence-electron chi connectivity index (χ3n) is 4.14. The van der Waals surface area contributed by atoms with Crippen LogP contribution in [0.3, 0.4) is 0 Å². The van der Waals surface area contributed by atoms with E-state index < -0.39 is 0 Å². The molecule has 5 heteroatoms. The lowest BCUT2D eigenvalue weighted by molar-refractivity contribution is 0.0827. The Kier molecular flexibility index (Phi) is 4.76. The Balaban J connectivity index is 1.57. The maximum absolute atomic E-state index is 5.76. The predicted octanol–water partition coefficient (Wildman–Crippen LogP) is 2.91. The second-order valence-corrected chi connectivity index (χ2v) is 7.04. The van der Waals surface area contributed by atoms with Crippen LogP contribution in [0.25, 0.3) is 0 Å². The molecule has 1 aliphatic heterocycles. The van der Waals surface area contributed by atoms with Gasteiger partial charge in [0.25, 0.3) is 0 Å². The fourth-order valence-electron chi connectivity index (χ4n) is 2.69. The van der Waals surface area contributed by atoms with Crippen molar-refractivity contribution in [2.45, 2.75) is 32.5 Å². The van der Waals surface area contributed by atoms with Crippen LogP contribution < -0.4 is 10.1 Å². The Morgan fingerprint density at radius 2 is 2.14 bits per heavy atom. The van der Waals surface area contributed by atoms with E-state index in [4.69, 9.17) is 4.74 Å². The minimum atomic E-state index is 0.206. The highest BCUT2D eigenvalue weighted by Crippen LogP contribution is 2.21. The van der Waals surface area contributed by atoms with Crippen LogP contribution in [0, 0.1) is 0 Å². The van der Waals surface area contributed by atoms with Gasteiger partial charge in [-0.3, -0.25) is 4.90 Å². The van der Waals surface area contributed by atoms with Crippen LogP contribution in [0.5, 0.6) is 5.75 Å². The molecule has 1 aromatic heterocycles. The zero-order valence-electron chi connectivity index (χ0n) is 13.2. The molecular weight excluding hydrogens is 294 g/mol. The maximum Gasteiger partial charge on any atom is 0.131 e. The summed E-state index contributed by atoms with van der Waals surface area (Å²) < 4.78 is 5.76. The first-order chi connectivity index (χ1) is 10.6. The molecule has 118 valence electrons. The quantitative estimate of drug-likeness (QED) is 0.920. The molecule has 0 atom stereocenters. The predicted molar refractivity (Wildman–Crippen MR) is 90.2 cm³/mol. The van der Waals surface area contributed by atoms with Gasteiger partial charge in [-0.1, -0.05) is 12.1 Å². The van der Waals surface area contributed by atoms with Gasteiger partial charge in [0, 0.05) is 37.1 Å². The molecule has 2 aromatic rings. The van der Waals surface area contributed by atoms with Gasteiger partial charge in [0.15, 0.2) is 0 Å². The van der Waals surface area contributed by atoms with Gasteiger partial charge < -0.3 is 10.1 Å². The van der Waals surface area contributed by atoms with E-state index in [0.717, 1.165) is 37.6 Å². The molecular formula is C17H23N3OS. The minimum Gasteiger partial charge on any atom is -0.487 e. The van der Waals surface area contributed by atoms with Crippen molar-refractivity contribution < 1.29 is 4.74 Å². The summed E-state index contributed by atoms with van der Waals surface area (Å²) in [5.74, 6) is 0.899. The van der Waals surface area contributed by atoms with Crippen LogP contribution in [0.15, 0.2) is 35.2 Å². The van der Waals surface area contributed by atoms with Crippen LogP contribution in [0.1, 0.15) is 25.1 Å². The van der Waals surface area contributed by atoms with Gasteiger partial charge in [0.2, 0.25) is 0 Å². The average molecular weight is 317 g/mol. The van der Waals surface area contributed by atoms with Crippen LogP contribution in [0.2, 0.25) is 0 Å². The number of aromatic nitrogens is 1. The lowest BCUT2D eigenvalue weighted by atomic mass is 9.99. The minimum absolute atomic E-state index is 0.206. The number of hydrogen-bond acceptors (Lipinski definition) is 5. The molecule has 0 bridgehead atoms. The lowest BCUT2D eigenvalue weighted by Gasteiger charge is -2.42. The Morgan fingerprint density at radius 1 is 1.32 bits per heavy atom. The molecule has 2 heterocycles. The van der Waals surface area contributed by atoms with Gasteiger partial charge in [-0.2, -0.15) is 0 Å². The fraction of sp³-hybridized carbons (Fsp3) is 0.471. The first-order valence-corrected chi connectivity index (χ1v) is 8.62. The number of benzene rings is 1. The summed E-state index contributed by atoms with van der Waals surface area (Å²) in [6, 6.07) is 8.43. The van der Waals surface area contributed by atoms with Crippen molar-refractivity contribution in [3.63, 3.8) is 0 Å². The molecule has 0 spiro atoms. The third-order valence-corrected chi connectivity index (χ3v) is 4.77. The third kappa shape index (κ3) is 3.85. The Morgan fingerprint density at radius 3 is 2.82 bits per heavy atom. The number of ether oxygens (including phenoxy) is 1. The van der Waals surface area contributed by atoms with Gasteiger partial charge in [-0.25, -0.2) is 4.98 Å².